The van der Waals surface area contributed by atoms with Crippen molar-refractivity contribution in [1.82, 2.24) is 0 Å². The van der Waals surface area contributed by atoms with Crippen molar-refractivity contribution in [1.29, 1.82) is 0 Å². The van der Waals surface area contributed by atoms with Crippen molar-refractivity contribution in [3.63, 3.8) is 0 Å². The Kier molecular flexibility index (Phi) is 6.85. The van der Waals surface area contributed by atoms with E-state index in [0.29, 0.717) is 6.07 Å². The number of rotatable bonds is 5. The van der Waals surface area contributed by atoms with Gasteiger partial charge in [0, 0.05) is 5.39 Å². The summed E-state index contributed by atoms with van der Waals surface area (Å²) in [6.07, 6.45) is -13.8. The van der Waals surface area contributed by atoms with E-state index in [-0.39, 0.29) is 41.8 Å². The molecule has 0 aromatic heterocycles. The summed E-state index contributed by atoms with van der Waals surface area (Å²) in [6.45, 7) is 0. The molecule has 2 rings (SSSR count). The first kappa shape index (κ1) is 25.0. The third-order valence-corrected chi connectivity index (χ3v) is 4.67. The molecular formula is C14H8F9NaO3S. The summed E-state index contributed by atoms with van der Waals surface area (Å²) in [7, 11) is -5.86. The maximum atomic E-state index is 13.5. The zero-order valence-electron chi connectivity index (χ0n) is 14.6. The molecule has 0 aliphatic rings. The van der Waals surface area contributed by atoms with Crippen LogP contribution in [0.3, 0.4) is 0 Å². The van der Waals surface area contributed by atoms with Crippen LogP contribution in [0.1, 0.15) is 1.43 Å². The molecule has 0 radical (unpaired) electrons. The molecule has 2 aromatic rings. The molecule has 0 atom stereocenters. The second-order valence-corrected chi connectivity index (χ2v) is 6.69. The number of alkyl halides is 9. The fourth-order valence-corrected chi connectivity index (χ4v) is 3.18. The van der Waals surface area contributed by atoms with E-state index in [2.05, 4.69) is 4.18 Å². The van der Waals surface area contributed by atoms with Crippen LogP contribution in [0.5, 0.6) is 0 Å². The predicted molar refractivity (Wildman–Crippen MR) is 74.2 cm³/mol. The van der Waals surface area contributed by atoms with Crippen molar-refractivity contribution in [3.8, 4) is 0 Å². The molecule has 0 aliphatic carbocycles. The van der Waals surface area contributed by atoms with E-state index in [0.717, 1.165) is 12.1 Å². The predicted octanol–water partition coefficient (Wildman–Crippen LogP) is 2.09. The second kappa shape index (κ2) is 7.67. The van der Waals surface area contributed by atoms with Gasteiger partial charge in [-0.1, -0.05) is 36.4 Å². The second-order valence-electron chi connectivity index (χ2n) is 5.18. The van der Waals surface area contributed by atoms with E-state index in [4.69, 9.17) is 0 Å². The number of hydrogen-bond acceptors (Lipinski definition) is 3. The van der Waals surface area contributed by atoms with Crippen LogP contribution in [0.25, 0.3) is 10.8 Å². The summed E-state index contributed by atoms with van der Waals surface area (Å²) in [4.78, 5) is -1.12. The van der Waals surface area contributed by atoms with Gasteiger partial charge in [-0.3, -0.25) is 0 Å². The fourth-order valence-electron chi connectivity index (χ4n) is 2.01. The Morgan fingerprint density at radius 2 is 1.25 bits per heavy atom. The van der Waals surface area contributed by atoms with Gasteiger partial charge >= 0.3 is 63.8 Å². The molecule has 3 nitrogen and oxygen atoms in total. The average Bonchev–Trinajstić information content (AvgIpc) is 2.51. The van der Waals surface area contributed by atoms with Crippen molar-refractivity contribution in [2.75, 3.05) is 0 Å². The fraction of sp³-hybridized carbons (Fsp3) is 0.286. The number of fused-ring (bicyclic) bond motifs is 1. The molecule has 0 fully saturated rings. The maximum absolute atomic E-state index is 13.5. The SMILES string of the molecule is O=S(=O)(OC(F)(F)C(F)(F)C(F)(F)C(F)(F)F)c1cccc2ccccc12.[H-].[Na+]. The van der Waals surface area contributed by atoms with E-state index in [1.165, 1.54) is 24.3 Å². The monoisotopic (exact) mass is 450 g/mol. The first-order chi connectivity index (χ1) is 12.0. The van der Waals surface area contributed by atoms with Gasteiger partial charge < -0.3 is 1.43 Å². The van der Waals surface area contributed by atoms with E-state index in [1.807, 2.05) is 0 Å². The number of halogens is 9. The van der Waals surface area contributed by atoms with Gasteiger partial charge in [-0.25, -0.2) is 0 Å². The van der Waals surface area contributed by atoms with Crippen molar-refractivity contribution in [2.45, 2.75) is 29.0 Å². The average molecular weight is 450 g/mol. The number of hydrogen-bond donors (Lipinski definition) is 0. The minimum atomic E-state index is -7.27. The first-order valence-electron chi connectivity index (χ1n) is 6.68. The Morgan fingerprint density at radius 1 is 0.750 bits per heavy atom. The van der Waals surface area contributed by atoms with E-state index in [1.54, 1.807) is 0 Å². The van der Waals surface area contributed by atoms with Crippen LogP contribution in [-0.4, -0.2) is 32.5 Å². The molecule has 14 heteroatoms. The Hall–Kier alpha value is -1.02. The van der Waals surface area contributed by atoms with Gasteiger partial charge in [0.25, 0.3) is 0 Å². The van der Waals surface area contributed by atoms with Crippen molar-refractivity contribution >= 4 is 20.9 Å². The molecule has 0 amide bonds. The largest absolute Gasteiger partial charge is 1.00 e. The van der Waals surface area contributed by atoms with Gasteiger partial charge in [-0.05, 0) is 11.5 Å². The Labute approximate surface area is 175 Å². The van der Waals surface area contributed by atoms with Gasteiger partial charge in [-0.2, -0.15) is 52.1 Å². The summed E-state index contributed by atoms with van der Waals surface area (Å²) < 4.78 is 142. The molecule has 0 heterocycles. The molecule has 28 heavy (non-hydrogen) atoms. The van der Waals surface area contributed by atoms with Crippen LogP contribution in [0.2, 0.25) is 0 Å². The molecule has 0 saturated heterocycles. The smallest absolute Gasteiger partial charge is 1.00 e. The van der Waals surface area contributed by atoms with Crippen LogP contribution >= 0.6 is 0 Å². The van der Waals surface area contributed by atoms with Gasteiger partial charge in [0.1, 0.15) is 4.90 Å². The Balaban J connectivity index is 0.00000392. The standard InChI is InChI=1S/C14H7F9O3S.Na.H/c15-11(16,13(19,20)21)12(17,18)14(22,23)26-27(24,25)10-7-3-5-8-4-1-2-6-9(8)10;;/h1-7H;;/q;+1;-1. The molecule has 0 N–H and O–H groups in total. The zero-order chi connectivity index (χ0) is 20.9. The minimum Gasteiger partial charge on any atom is -1.00 e. The van der Waals surface area contributed by atoms with Crippen molar-refractivity contribution in [3.05, 3.63) is 42.5 Å². The van der Waals surface area contributed by atoms with Crippen molar-refractivity contribution < 1.29 is 83.1 Å². The molecule has 0 saturated carbocycles. The van der Waals surface area contributed by atoms with Crippen LogP contribution in [0.15, 0.2) is 47.4 Å². The van der Waals surface area contributed by atoms with Crippen LogP contribution in [0, 0.1) is 0 Å². The van der Waals surface area contributed by atoms with Crippen LogP contribution < -0.4 is 29.6 Å². The molecule has 0 unspecified atom stereocenters. The van der Waals surface area contributed by atoms with E-state index < -0.39 is 39.1 Å². The Morgan fingerprint density at radius 3 is 1.79 bits per heavy atom. The van der Waals surface area contributed by atoms with Gasteiger partial charge in [0.15, 0.2) is 0 Å². The maximum Gasteiger partial charge on any atom is 1.00 e. The zero-order valence-corrected chi connectivity index (χ0v) is 16.4. The van der Waals surface area contributed by atoms with E-state index in [9.17, 15) is 47.9 Å². The summed E-state index contributed by atoms with van der Waals surface area (Å²) in [5.74, 6) is -14.5. The topological polar surface area (TPSA) is 43.4 Å². The van der Waals surface area contributed by atoms with Crippen LogP contribution in [-0.2, 0) is 14.3 Å². The normalized spacial score (nSPS) is 14.0. The third-order valence-electron chi connectivity index (χ3n) is 3.35. The molecule has 0 bridgehead atoms. The summed E-state index contributed by atoms with van der Waals surface area (Å²) >= 11 is 0. The van der Waals surface area contributed by atoms with Gasteiger partial charge in [0.05, 0.1) is 0 Å². The molecule has 2 aromatic carbocycles. The minimum absolute atomic E-state index is 0. The summed E-state index contributed by atoms with van der Waals surface area (Å²) in [5, 5.41) is -0.181. The van der Waals surface area contributed by atoms with E-state index >= 15 is 0 Å². The first-order valence-corrected chi connectivity index (χ1v) is 8.09. The van der Waals surface area contributed by atoms with Crippen molar-refractivity contribution in [2.24, 2.45) is 0 Å². The molecule has 0 spiro atoms. The van der Waals surface area contributed by atoms with Gasteiger partial charge in [-0.15, -0.1) is 0 Å². The summed E-state index contributed by atoms with van der Waals surface area (Å²) in [6, 6.07) is 7.95. The molecule has 0 aliphatic heterocycles. The van der Waals surface area contributed by atoms with Gasteiger partial charge in [0.2, 0.25) is 0 Å². The summed E-state index contributed by atoms with van der Waals surface area (Å²) in [5.41, 5.74) is 0. The number of benzene rings is 2. The van der Waals surface area contributed by atoms with Crippen LogP contribution in [0.4, 0.5) is 39.5 Å². The Bertz CT molecular complexity index is 959. The third kappa shape index (κ3) is 4.13. The molecular weight excluding hydrogens is 442 g/mol. The molecule has 152 valence electrons. The quantitative estimate of drug-likeness (QED) is 0.398.